The Balaban J connectivity index is 1.96. The fourth-order valence-corrected chi connectivity index (χ4v) is 3.11. The minimum absolute atomic E-state index is 0.0923. The first-order valence-electron chi connectivity index (χ1n) is 5.84. The third-order valence-electron chi connectivity index (χ3n) is 3.20. The number of aryl methyl sites for hydroxylation is 1. The van der Waals surface area contributed by atoms with Crippen LogP contribution in [0.4, 0.5) is 0 Å². The van der Waals surface area contributed by atoms with E-state index < -0.39 is 0 Å². The first-order valence-corrected chi connectivity index (χ1v) is 7.02. The van der Waals surface area contributed by atoms with Gasteiger partial charge in [0.2, 0.25) is 0 Å². The molecule has 1 atom stereocenters. The summed E-state index contributed by atoms with van der Waals surface area (Å²) in [6.45, 7) is 2.04. The Morgan fingerprint density at radius 1 is 1.28 bits per heavy atom. The van der Waals surface area contributed by atoms with Gasteiger partial charge in [-0.3, -0.25) is 0 Å². The largest absolute Gasteiger partial charge is 0.485 e. The molecule has 0 bridgehead atoms. The summed E-state index contributed by atoms with van der Waals surface area (Å²) in [4.78, 5) is 0. The molecular formula is C15H12BrClO. The predicted octanol–water partition coefficient (Wildman–Crippen LogP) is 5.09. The average molecular weight is 324 g/mol. The molecule has 0 saturated carbocycles. The lowest BCUT2D eigenvalue weighted by atomic mass is 10.0. The predicted molar refractivity (Wildman–Crippen MR) is 77.4 cm³/mol. The topological polar surface area (TPSA) is 9.23 Å². The molecule has 2 aromatic carbocycles. The zero-order chi connectivity index (χ0) is 12.7. The van der Waals surface area contributed by atoms with E-state index in [1.807, 2.05) is 31.2 Å². The third-order valence-corrected chi connectivity index (χ3v) is 3.91. The Labute approximate surface area is 120 Å². The fraction of sp³-hybridized carbons (Fsp3) is 0.200. The molecule has 0 amide bonds. The molecule has 18 heavy (non-hydrogen) atoms. The van der Waals surface area contributed by atoms with Crippen molar-refractivity contribution in [2.24, 2.45) is 0 Å². The smallest absolute Gasteiger partial charge is 0.128 e. The maximum atomic E-state index is 6.08. The average Bonchev–Trinajstić information content (AvgIpc) is 2.73. The second-order valence-electron chi connectivity index (χ2n) is 4.58. The van der Waals surface area contributed by atoms with E-state index in [1.165, 1.54) is 11.1 Å². The highest BCUT2D eigenvalue weighted by Gasteiger charge is 2.26. The van der Waals surface area contributed by atoms with Gasteiger partial charge in [-0.1, -0.05) is 39.7 Å². The van der Waals surface area contributed by atoms with Crippen molar-refractivity contribution in [2.45, 2.75) is 19.4 Å². The molecule has 0 fully saturated rings. The molecule has 2 aromatic rings. The van der Waals surface area contributed by atoms with Crippen molar-refractivity contribution in [3.63, 3.8) is 0 Å². The van der Waals surface area contributed by atoms with Gasteiger partial charge in [-0.05, 0) is 47.9 Å². The molecule has 0 saturated heterocycles. The maximum Gasteiger partial charge on any atom is 0.128 e. The molecule has 1 unspecified atom stereocenters. The van der Waals surface area contributed by atoms with Crippen LogP contribution in [0.15, 0.2) is 40.9 Å². The van der Waals surface area contributed by atoms with Gasteiger partial charge in [0, 0.05) is 15.9 Å². The van der Waals surface area contributed by atoms with Gasteiger partial charge in [0.15, 0.2) is 0 Å². The molecule has 0 aliphatic carbocycles. The van der Waals surface area contributed by atoms with E-state index in [0.717, 1.165) is 27.2 Å². The van der Waals surface area contributed by atoms with Gasteiger partial charge in [-0.15, -0.1) is 0 Å². The number of ether oxygens (including phenoxy) is 1. The molecular weight excluding hydrogens is 312 g/mol. The Morgan fingerprint density at radius 3 is 2.89 bits per heavy atom. The van der Waals surface area contributed by atoms with Gasteiger partial charge in [0.25, 0.3) is 0 Å². The minimum atomic E-state index is 0.0923. The van der Waals surface area contributed by atoms with Crippen molar-refractivity contribution >= 4 is 27.5 Å². The first kappa shape index (κ1) is 12.1. The molecule has 0 N–H and O–H groups in total. The van der Waals surface area contributed by atoms with Gasteiger partial charge >= 0.3 is 0 Å². The summed E-state index contributed by atoms with van der Waals surface area (Å²) in [5.74, 6) is 0.990. The minimum Gasteiger partial charge on any atom is -0.485 e. The Bertz CT molecular complexity index is 609. The second kappa shape index (κ2) is 4.60. The SMILES string of the molecule is Cc1cc(Cl)cc2c1OC(c1cccc(Br)c1)C2. The van der Waals surface area contributed by atoms with Gasteiger partial charge in [0.05, 0.1) is 0 Å². The maximum absolute atomic E-state index is 6.08. The highest BCUT2D eigenvalue weighted by atomic mass is 79.9. The van der Waals surface area contributed by atoms with Crippen LogP contribution in [-0.4, -0.2) is 0 Å². The zero-order valence-corrected chi connectivity index (χ0v) is 12.3. The van der Waals surface area contributed by atoms with E-state index in [1.54, 1.807) is 0 Å². The summed E-state index contributed by atoms with van der Waals surface area (Å²) in [6.07, 6.45) is 0.974. The van der Waals surface area contributed by atoms with Crippen LogP contribution in [0.2, 0.25) is 5.02 Å². The van der Waals surface area contributed by atoms with Crippen molar-refractivity contribution < 1.29 is 4.74 Å². The molecule has 1 nitrogen and oxygen atoms in total. The highest BCUT2D eigenvalue weighted by molar-refractivity contribution is 9.10. The summed E-state index contributed by atoms with van der Waals surface area (Å²) in [6, 6.07) is 12.2. The van der Waals surface area contributed by atoms with Crippen LogP contribution in [-0.2, 0) is 6.42 Å². The standard InChI is InChI=1S/C15H12BrClO/c1-9-5-13(17)7-11-8-14(18-15(9)11)10-3-2-4-12(16)6-10/h2-7,14H,8H2,1H3. The van der Waals surface area contributed by atoms with E-state index in [4.69, 9.17) is 16.3 Å². The zero-order valence-electron chi connectivity index (χ0n) is 9.91. The summed E-state index contributed by atoms with van der Waals surface area (Å²) >= 11 is 9.58. The van der Waals surface area contributed by atoms with E-state index in [2.05, 4.69) is 28.1 Å². The van der Waals surface area contributed by atoms with Crippen molar-refractivity contribution in [2.75, 3.05) is 0 Å². The lowest BCUT2D eigenvalue weighted by molar-refractivity contribution is 0.237. The molecule has 92 valence electrons. The number of hydrogen-bond donors (Lipinski definition) is 0. The van der Waals surface area contributed by atoms with Crippen molar-refractivity contribution in [3.05, 3.63) is 62.6 Å². The van der Waals surface area contributed by atoms with Crippen molar-refractivity contribution in [1.29, 1.82) is 0 Å². The number of fused-ring (bicyclic) bond motifs is 1. The molecule has 3 heteroatoms. The van der Waals surface area contributed by atoms with Crippen molar-refractivity contribution in [1.82, 2.24) is 0 Å². The Hall–Kier alpha value is -0.990. The molecule has 0 spiro atoms. The van der Waals surface area contributed by atoms with Crippen LogP contribution in [0.5, 0.6) is 5.75 Å². The normalized spacial score (nSPS) is 17.4. The van der Waals surface area contributed by atoms with E-state index in [9.17, 15) is 0 Å². The summed E-state index contributed by atoms with van der Waals surface area (Å²) < 4.78 is 7.13. The van der Waals surface area contributed by atoms with Crippen LogP contribution >= 0.6 is 27.5 Å². The lowest BCUT2D eigenvalue weighted by Crippen LogP contribution is -2.02. The van der Waals surface area contributed by atoms with Crippen LogP contribution < -0.4 is 4.74 Å². The molecule has 1 heterocycles. The van der Waals surface area contributed by atoms with Crippen LogP contribution in [0.1, 0.15) is 22.8 Å². The van der Waals surface area contributed by atoms with Crippen LogP contribution in [0.3, 0.4) is 0 Å². The molecule has 3 rings (SSSR count). The second-order valence-corrected chi connectivity index (χ2v) is 5.93. The lowest BCUT2D eigenvalue weighted by Gasteiger charge is -2.12. The first-order chi connectivity index (χ1) is 8.63. The number of halogens is 2. The van der Waals surface area contributed by atoms with Gasteiger partial charge in [-0.2, -0.15) is 0 Å². The van der Waals surface area contributed by atoms with E-state index in [-0.39, 0.29) is 6.10 Å². The molecule has 0 radical (unpaired) electrons. The van der Waals surface area contributed by atoms with Crippen molar-refractivity contribution in [3.8, 4) is 5.75 Å². The molecule has 1 aliphatic heterocycles. The van der Waals surface area contributed by atoms with Gasteiger partial charge in [0.1, 0.15) is 11.9 Å². The van der Waals surface area contributed by atoms with E-state index >= 15 is 0 Å². The highest BCUT2D eigenvalue weighted by Crippen LogP contribution is 2.40. The number of hydrogen-bond acceptors (Lipinski definition) is 1. The fourth-order valence-electron chi connectivity index (χ4n) is 2.40. The van der Waals surface area contributed by atoms with Gasteiger partial charge in [-0.25, -0.2) is 0 Å². The van der Waals surface area contributed by atoms with Crippen LogP contribution in [0.25, 0.3) is 0 Å². The molecule has 1 aliphatic rings. The Kier molecular flexibility index (Phi) is 3.08. The quantitative estimate of drug-likeness (QED) is 0.710. The monoisotopic (exact) mass is 322 g/mol. The number of benzene rings is 2. The summed E-state index contributed by atoms with van der Waals surface area (Å²) in [7, 11) is 0. The third kappa shape index (κ3) is 2.15. The summed E-state index contributed by atoms with van der Waals surface area (Å²) in [5.41, 5.74) is 3.50. The van der Waals surface area contributed by atoms with Crippen LogP contribution in [0, 0.1) is 6.92 Å². The van der Waals surface area contributed by atoms with Gasteiger partial charge < -0.3 is 4.74 Å². The molecule has 0 aromatic heterocycles. The summed E-state index contributed by atoms with van der Waals surface area (Å²) in [5, 5.41) is 0.782. The van der Waals surface area contributed by atoms with E-state index in [0.29, 0.717) is 0 Å². The Morgan fingerprint density at radius 2 is 2.11 bits per heavy atom. The number of rotatable bonds is 1.